The van der Waals surface area contributed by atoms with Crippen LogP contribution in [0.2, 0.25) is 0 Å². The van der Waals surface area contributed by atoms with Crippen molar-refractivity contribution < 1.29 is 18.0 Å². The van der Waals surface area contributed by atoms with Gasteiger partial charge < -0.3 is 10.6 Å². The van der Waals surface area contributed by atoms with Crippen LogP contribution in [0.4, 0.5) is 13.2 Å². The van der Waals surface area contributed by atoms with E-state index < -0.39 is 5.51 Å². The number of piperidine rings is 1. The first-order valence-corrected chi connectivity index (χ1v) is 6.19. The van der Waals surface area contributed by atoms with Gasteiger partial charge in [-0.3, -0.25) is 4.79 Å². The summed E-state index contributed by atoms with van der Waals surface area (Å²) in [6, 6.07) is -0.232. The van der Waals surface area contributed by atoms with Gasteiger partial charge in [-0.2, -0.15) is 13.2 Å². The Hall–Kier alpha value is -0.430. The Balaban J connectivity index is 2.10. The van der Waals surface area contributed by atoms with E-state index >= 15 is 0 Å². The number of hydrogen-bond acceptors (Lipinski definition) is 3. The lowest BCUT2D eigenvalue weighted by Crippen LogP contribution is -2.47. The monoisotopic (exact) mass is 256 g/mol. The van der Waals surface area contributed by atoms with E-state index in [9.17, 15) is 18.0 Å². The van der Waals surface area contributed by atoms with Crippen LogP contribution >= 0.6 is 11.8 Å². The van der Waals surface area contributed by atoms with E-state index in [1.165, 1.54) is 0 Å². The van der Waals surface area contributed by atoms with E-state index in [0.717, 1.165) is 25.8 Å². The van der Waals surface area contributed by atoms with Gasteiger partial charge >= 0.3 is 5.51 Å². The number of carbonyl (C=O) groups is 1. The first-order chi connectivity index (χ1) is 7.49. The maximum atomic E-state index is 11.8. The lowest BCUT2D eigenvalue weighted by atomic mass is 10.0. The molecule has 0 spiro atoms. The number of amides is 1. The molecule has 0 aromatic heterocycles. The van der Waals surface area contributed by atoms with E-state index in [1.54, 1.807) is 0 Å². The van der Waals surface area contributed by atoms with Crippen molar-refractivity contribution in [2.45, 2.75) is 30.8 Å². The molecule has 2 N–H and O–H groups in total. The molecule has 0 saturated carbocycles. The van der Waals surface area contributed by atoms with Crippen molar-refractivity contribution >= 4 is 17.7 Å². The molecule has 1 saturated heterocycles. The summed E-state index contributed by atoms with van der Waals surface area (Å²) in [7, 11) is 0. The molecule has 0 aliphatic carbocycles. The standard InChI is InChI=1S/C9H15F3N2OS/c10-9(11,12)16-6-5-14-8(15)7-3-1-2-4-13-7/h7,13H,1-6H2,(H,14,15). The molecule has 1 heterocycles. The highest BCUT2D eigenvalue weighted by Crippen LogP contribution is 2.29. The van der Waals surface area contributed by atoms with Gasteiger partial charge in [0.15, 0.2) is 0 Å². The fourth-order valence-corrected chi connectivity index (χ4v) is 1.98. The van der Waals surface area contributed by atoms with Crippen LogP contribution < -0.4 is 10.6 Å². The average Bonchev–Trinajstić information content (AvgIpc) is 2.24. The second-order valence-electron chi connectivity index (χ2n) is 3.59. The Bertz CT molecular complexity index is 229. The van der Waals surface area contributed by atoms with E-state index in [-0.39, 0.29) is 36.0 Å². The van der Waals surface area contributed by atoms with Gasteiger partial charge in [-0.1, -0.05) is 6.42 Å². The molecule has 94 valence electrons. The Labute approximate surface area is 96.5 Å². The highest BCUT2D eigenvalue weighted by atomic mass is 32.2. The van der Waals surface area contributed by atoms with Crippen molar-refractivity contribution in [2.24, 2.45) is 0 Å². The summed E-state index contributed by atoms with van der Waals surface area (Å²) >= 11 is -0.113. The summed E-state index contributed by atoms with van der Waals surface area (Å²) in [5.41, 5.74) is -4.21. The highest BCUT2D eigenvalue weighted by molar-refractivity contribution is 8.00. The van der Waals surface area contributed by atoms with Crippen LogP contribution in [-0.2, 0) is 4.79 Å². The van der Waals surface area contributed by atoms with Gasteiger partial charge in [-0.05, 0) is 31.1 Å². The molecule has 7 heteroatoms. The van der Waals surface area contributed by atoms with Crippen LogP contribution in [0.5, 0.6) is 0 Å². The molecule has 1 atom stereocenters. The summed E-state index contributed by atoms with van der Waals surface area (Å²) in [5, 5.41) is 5.54. The van der Waals surface area contributed by atoms with Gasteiger partial charge in [-0.25, -0.2) is 0 Å². The third-order valence-electron chi connectivity index (χ3n) is 2.29. The molecule has 0 bridgehead atoms. The summed E-state index contributed by atoms with van der Waals surface area (Å²) in [6.07, 6.45) is 2.80. The van der Waals surface area contributed by atoms with Gasteiger partial charge in [0.1, 0.15) is 0 Å². The Morgan fingerprint density at radius 3 is 2.75 bits per heavy atom. The molecule has 1 amide bonds. The van der Waals surface area contributed by atoms with Gasteiger partial charge in [0, 0.05) is 12.3 Å². The van der Waals surface area contributed by atoms with Crippen molar-refractivity contribution in [1.82, 2.24) is 10.6 Å². The number of halogens is 3. The third kappa shape index (κ3) is 5.60. The van der Waals surface area contributed by atoms with Crippen LogP contribution in [0.25, 0.3) is 0 Å². The van der Waals surface area contributed by atoms with Gasteiger partial charge in [-0.15, -0.1) is 0 Å². The minimum Gasteiger partial charge on any atom is -0.354 e. The molecular weight excluding hydrogens is 241 g/mol. The summed E-state index contributed by atoms with van der Waals surface area (Å²) < 4.78 is 35.3. The number of hydrogen-bond donors (Lipinski definition) is 2. The third-order valence-corrected chi connectivity index (χ3v) is 3.03. The molecular formula is C9H15F3N2OS. The molecule has 0 radical (unpaired) electrons. The predicted octanol–water partition coefficient (Wildman–Crippen LogP) is 1.50. The molecule has 3 nitrogen and oxygen atoms in total. The van der Waals surface area contributed by atoms with Crippen LogP contribution in [0.1, 0.15) is 19.3 Å². The lowest BCUT2D eigenvalue weighted by molar-refractivity contribution is -0.123. The minimum atomic E-state index is -4.21. The van der Waals surface area contributed by atoms with Crippen molar-refractivity contribution in [2.75, 3.05) is 18.8 Å². The van der Waals surface area contributed by atoms with E-state index in [0.29, 0.717) is 0 Å². The van der Waals surface area contributed by atoms with Crippen molar-refractivity contribution in [3.05, 3.63) is 0 Å². The first-order valence-electron chi connectivity index (χ1n) is 5.21. The lowest BCUT2D eigenvalue weighted by Gasteiger charge is -2.22. The second-order valence-corrected chi connectivity index (χ2v) is 4.75. The van der Waals surface area contributed by atoms with E-state index in [1.807, 2.05) is 0 Å². The van der Waals surface area contributed by atoms with Crippen molar-refractivity contribution in [1.29, 1.82) is 0 Å². The molecule has 1 rings (SSSR count). The quantitative estimate of drug-likeness (QED) is 0.749. The van der Waals surface area contributed by atoms with E-state index in [4.69, 9.17) is 0 Å². The molecule has 1 unspecified atom stereocenters. The number of thioether (sulfide) groups is 1. The second kappa shape index (κ2) is 6.34. The number of alkyl halides is 3. The molecule has 0 aromatic rings. The van der Waals surface area contributed by atoms with Crippen LogP contribution in [0.3, 0.4) is 0 Å². The van der Waals surface area contributed by atoms with Crippen LogP contribution in [0, 0.1) is 0 Å². The zero-order valence-electron chi connectivity index (χ0n) is 8.77. The van der Waals surface area contributed by atoms with Gasteiger partial charge in [0.05, 0.1) is 6.04 Å². The van der Waals surface area contributed by atoms with Gasteiger partial charge in [0.2, 0.25) is 5.91 Å². The zero-order valence-corrected chi connectivity index (χ0v) is 9.59. The molecule has 1 aliphatic heterocycles. The normalized spacial score (nSPS) is 21.8. The van der Waals surface area contributed by atoms with Crippen molar-refractivity contribution in [3.8, 4) is 0 Å². The Morgan fingerprint density at radius 2 is 2.19 bits per heavy atom. The molecule has 0 aromatic carbocycles. The summed E-state index contributed by atoms with van der Waals surface area (Å²) in [4.78, 5) is 11.5. The Kier molecular flexibility index (Phi) is 5.40. The summed E-state index contributed by atoms with van der Waals surface area (Å²) in [5.74, 6) is -0.329. The fourth-order valence-electron chi connectivity index (χ4n) is 1.54. The van der Waals surface area contributed by atoms with Crippen molar-refractivity contribution in [3.63, 3.8) is 0 Å². The zero-order chi connectivity index (χ0) is 12.0. The topological polar surface area (TPSA) is 41.1 Å². The Morgan fingerprint density at radius 1 is 1.44 bits per heavy atom. The largest absolute Gasteiger partial charge is 0.441 e. The smallest absolute Gasteiger partial charge is 0.354 e. The number of carbonyl (C=O) groups excluding carboxylic acids is 1. The predicted molar refractivity (Wildman–Crippen MR) is 57.2 cm³/mol. The SMILES string of the molecule is O=C(NCCSC(F)(F)F)C1CCCCN1. The highest BCUT2D eigenvalue weighted by Gasteiger charge is 2.27. The number of rotatable bonds is 4. The van der Waals surface area contributed by atoms with Crippen LogP contribution in [-0.4, -0.2) is 36.3 Å². The fraction of sp³-hybridized carbons (Fsp3) is 0.889. The maximum absolute atomic E-state index is 11.8. The van der Waals surface area contributed by atoms with Crippen LogP contribution in [0.15, 0.2) is 0 Å². The molecule has 1 fully saturated rings. The first kappa shape index (κ1) is 13.6. The average molecular weight is 256 g/mol. The minimum absolute atomic E-state index is 0.0567. The van der Waals surface area contributed by atoms with Gasteiger partial charge in [0.25, 0.3) is 0 Å². The maximum Gasteiger partial charge on any atom is 0.441 e. The molecule has 16 heavy (non-hydrogen) atoms. The summed E-state index contributed by atoms with van der Waals surface area (Å²) in [6.45, 7) is 0.858. The van der Waals surface area contributed by atoms with E-state index in [2.05, 4.69) is 10.6 Å². The molecule has 1 aliphatic rings. The number of nitrogens with one attached hydrogen (secondary N) is 2.